The van der Waals surface area contributed by atoms with Crippen LogP contribution in [-0.4, -0.2) is 29.8 Å². The maximum absolute atomic E-state index is 11.9. The van der Waals surface area contributed by atoms with Gasteiger partial charge < -0.3 is 14.5 Å². The van der Waals surface area contributed by atoms with Crippen molar-refractivity contribution in [2.45, 2.75) is 45.8 Å². The summed E-state index contributed by atoms with van der Waals surface area (Å²) in [5, 5.41) is 0. The molecule has 1 N–H and O–H groups in total. The Balaban J connectivity index is 2.02. The summed E-state index contributed by atoms with van der Waals surface area (Å²) in [4.78, 5) is 26.3. The predicted molar refractivity (Wildman–Crippen MR) is 70.4 cm³/mol. The molecule has 1 saturated heterocycles. The number of H-pyrrole nitrogens is 1. The van der Waals surface area contributed by atoms with Crippen LogP contribution in [0.1, 0.15) is 41.4 Å². The van der Waals surface area contributed by atoms with E-state index < -0.39 is 11.5 Å². The summed E-state index contributed by atoms with van der Waals surface area (Å²) in [6, 6.07) is 1.76. The Morgan fingerprint density at radius 1 is 1.47 bits per heavy atom. The number of rotatable bonds is 3. The van der Waals surface area contributed by atoms with Crippen molar-refractivity contribution in [3.8, 4) is 0 Å². The summed E-state index contributed by atoms with van der Waals surface area (Å²) < 4.78 is 10.7. The molecule has 5 nitrogen and oxygen atoms in total. The molecule has 19 heavy (non-hydrogen) atoms. The fourth-order valence-electron chi connectivity index (χ4n) is 2.36. The van der Waals surface area contributed by atoms with Crippen LogP contribution < -0.4 is 5.56 Å². The lowest BCUT2D eigenvalue weighted by atomic mass is 10.1. The van der Waals surface area contributed by atoms with E-state index in [2.05, 4.69) is 4.98 Å². The van der Waals surface area contributed by atoms with E-state index in [1.165, 1.54) is 0 Å². The van der Waals surface area contributed by atoms with Crippen molar-refractivity contribution in [3.05, 3.63) is 33.2 Å². The lowest BCUT2D eigenvalue weighted by molar-refractivity contribution is -0.00281. The average molecular weight is 265 g/mol. The van der Waals surface area contributed by atoms with Crippen LogP contribution in [0.5, 0.6) is 0 Å². The van der Waals surface area contributed by atoms with Gasteiger partial charge in [-0.15, -0.1) is 0 Å². The Morgan fingerprint density at radius 3 is 2.79 bits per heavy atom. The summed E-state index contributed by atoms with van der Waals surface area (Å²) in [6.45, 7) is 5.71. The SMILES string of the molecule is Cc1cc(C)c(C(=O)OC[C@H]2CC[C@@H](C)O2)c(=O)[nH]1. The van der Waals surface area contributed by atoms with Gasteiger partial charge in [0, 0.05) is 5.69 Å². The molecule has 5 heteroatoms. The van der Waals surface area contributed by atoms with Gasteiger partial charge in [0.05, 0.1) is 12.2 Å². The number of carbonyl (C=O) groups excluding carboxylic acids is 1. The minimum absolute atomic E-state index is 0.0520. The minimum Gasteiger partial charge on any atom is -0.459 e. The summed E-state index contributed by atoms with van der Waals surface area (Å²) in [5.74, 6) is -0.582. The van der Waals surface area contributed by atoms with Gasteiger partial charge in [0.2, 0.25) is 0 Å². The first-order chi connectivity index (χ1) is 8.97. The second-order valence-electron chi connectivity index (χ2n) is 5.08. The summed E-state index contributed by atoms with van der Waals surface area (Å²) >= 11 is 0. The van der Waals surface area contributed by atoms with E-state index in [4.69, 9.17) is 9.47 Å². The van der Waals surface area contributed by atoms with Crippen LogP contribution in [-0.2, 0) is 9.47 Å². The number of carbonyl (C=O) groups is 1. The number of aromatic amines is 1. The summed E-state index contributed by atoms with van der Waals surface area (Å²) in [7, 11) is 0. The van der Waals surface area contributed by atoms with E-state index in [9.17, 15) is 9.59 Å². The van der Waals surface area contributed by atoms with Crippen molar-refractivity contribution in [1.82, 2.24) is 4.98 Å². The number of nitrogens with one attached hydrogen (secondary N) is 1. The second-order valence-corrected chi connectivity index (χ2v) is 5.08. The Hall–Kier alpha value is -1.62. The zero-order chi connectivity index (χ0) is 14.0. The fourth-order valence-corrected chi connectivity index (χ4v) is 2.36. The molecule has 0 radical (unpaired) electrons. The van der Waals surface area contributed by atoms with Gasteiger partial charge in [-0.3, -0.25) is 4.79 Å². The van der Waals surface area contributed by atoms with Crippen molar-refractivity contribution < 1.29 is 14.3 Å². The lowest BCUT2D eigenvalue weighted by Crippen LogP contribution is -2.25. The average Bonchev–Trinajstić information content (AvgIpc) is 2.71. The Kier molecular flexibility index (Phi) is 4.04. The normalized spacial score (nSPS) is 22.5. The highest BCUT2D eigenvalue weighted by Crippen LogP contribution is 2.19. The monoisotopic (exact) mass is 265 g/mol. The molecule has 1 fully saturated rings. The third-order valence-corrected chi connectivity index (χ3v) is 3.29. The Bertz CT molecular complexity index is 535. The molecule has 0 saturated carbocycles. The van der Waals surface area contributed by atoms with Crippen LogP contribution in [0, 0.1) is 13.8 Å². The highest BCUT2D eigenvalue weighted by Gasteiger charge is 2.24. The molecular weight excluding hydrogens is 246 g/mol. The Morgan fingerprint density at radius 2 is 2.21 bits per heavy atom. The molecule has 0 aliphatic carbocycles. The molecule has 0 bridgehead atoms. The predicted octanol–water partition coefficient (Wildman–Crippen LogP) is 1.72. The van der Waals surface area contributed by atoms with Gasteiger partial charge in [0.25, 0.3) is 5.56 Å². The van der Waals surface area contributed by atoms with Gasteiger partial charge in [0.15, 0.2) is 0 Å². The summed E-state index contributed by atoms with van der Waals surface area (Å²) in [6.07, 6.45) is 2.03. The molecule has 2 atom stereocenters. The highest BCUT2D eigenvalue weighted by atomic mass is 16.6. The maximum Gasteiger partial charge on any atom is 0.344 e. The number of aryl methyl sites for hydroxylation is 2. The molecule has 0 spiro atoms. The largest absolute Gasteiger partial charge is 0.459 e. The first-order valence-corrected chi connectivity index (χ1v) is 6.50. The molecule has 2 rings (SSSR count). The van der Waals surface area contributed by atoms with Crippen molar-refractivity contribution in [3.63, 3.8) is 0 Å². The zero-order valence-corrected chi connectivity index (χ0v) is 11.5. The number of pyridine rings is 1. The number of hydrogen-bond donors (Lipinski definition) is 1. The van der Waals surface area contributed by atoms with Crippen molar-refractivity contribution in [1.29, 1.82) is 0 Å². The highest BCUT2D eigenvalue weighted by molar-refractivity contribution is 5.90. The van der Waals surface area contributed by atoms with Crippen LogP contribution in [0.3, 0.4) is 0 Å². The van der Waals surface area contributed by atoms with Gasteiger partial charge in [-0.25, -0.2) is 4.79 Å². The van der Waals surface area contributed by atoms with E-state index in [0.717, 1.165) is 18.5 Å². The zero-order valence-electron chi connectivity index (χ0n) is 11.5. The third kappa shape index (κ3) is 3.23. The quantitative estimate of drug-likeness (QED) is 0.845. The molecule has 2 heterocycles. The molecule has 0 amide bonds. The van der Waals surface area contributed by atoms with Gasteiger partial charge in [-0.05, 0) is 45.2 Å². The third-order valence-electron chi connectivity index (χ3n) is 3.29. The van der Waals surface area contributed by atoms with Crippen LogP contribution in [0.25, 0.3) is 0 Å². The van der Waals surface area contributed by atoms with E-state index in [1.807, 2.05) is 6.92 Å². The minimum atomic E-state index is -0.582. The number of hydrogen-bond acceptors (Lipinski definition) is 4. The number of esters is 1. The van der Waals surface area contributed by atoms with E-state index in [0.29, 0.717) is 5.56 Å². The number of ether oxygens (including phenoxy) is 2. The first kappa shape index (κ1) is 13.8. The topological polar surface area (TPSA) is 68.4 Å². The lowest BCUT2D eigenvalue weighted by Gasteiger charge is -2.12. The molecule has 1 aromatic heterocycles. The first-order valence-electron chi connectivity index (χ1n) is 6.50. The molecule has 0 aromatic carbocycles. The van der Waals surface area contributed by atoms with Gasteiger partial charge in [-0.1, -0.05) is 0 Å². The smallest absolute Gasteiger partial charge is 0.344 e. The molecule has 1 aliphatic rings. The van der Waals surface area contributed by atoms with Gasteiger partial charge >= 0.3 is 5.97 Å². The van der Waals surface area contributed by atoms with Gasteiger partial charge in [0.1, 0.15) is 12.2 Å². The number of aromatic nitrogens is 1. The molecule has 1 aromatic rings. The van der Waals surface area contributed by atoms with Crippen LogP contribution in [0.2, 0.25) is 0 Å². The maximum atomic E-state index is 11.9. The molecule has 1 aliphatic heterocycles. The van der Waals surface area contributed by atoms with Crippen molar-refractivity contribution >= 4 is 5.97 Å². The Labute approximate surface area is 111 Å². The van der Waals surface area contributed by atoms with Crippen molar-refractivity contribution in [2.75, 3.05) is 6.61 Å². The molecule has 0 unspecified atom stereocenters. The van der Waals surface area contributed by atoms with Gasteiger partial charge in [-0.2, -0.15) is 0 Å². The van der Waals surface area contributed by atoms with Crippen molar-refractivity contribution in [2.24, 2.45) is 0 Å². The fraction of sp³-hybridized carbons (Fsp3) is 0.571. The van der Waals surface area contributed by atoms with Crippen LogP contribution in [0.15, 0.2) is 10.9 Å². The van der Waals surface area contributed by atoms with E-state index in [-0.39, 0.29) is 24.4 Å². The standard InChI is InChI=1S/C14H19NO4/c1-8-6-9(2)15-13(16)12(8)14(17)18-7-11-5-4-10(3)19-11/h6,10-11H,4-5,7H2,1-3H3,(H,15,16)/t10-,11-/m1/s1. The summed E-state index contributed by atoms with van der Waals surface area (Å²) in [5.41, 5.74) is 1.04. The molecule has 104 valence electrons. The second kappa shape index (κ2) is 5.57. The van der Waals surface area contributed by atoms with Crippen LogP contribution >= 0.6 is 0 Å². The van der Waals surface area contributed by atoms with E-state index >= 15 is 0 Å². The molecular formula is C14H19NO4. The van der Waals surface area contributed by atoms with E-state index in [1.54, 1.807) is 19.9 Å². The van der Waals surface area contributed by atoms with Crippen LogP contribution in [0.4, 0.5) is 0 Å².